The first-order valence-electron chi connectivity index (χ1n) is 6.61. The molecule has 0 amide bonds. The summed E-state index contributed by atoms with van der Waals surface area (Å²) < 4.78 is 12.4. The van der Waals surface area contributed by atoms with E-state index in [0.717, 1.165) is 30.6 Å². The summed E-state index contributed by atoms with van der Waals surface area (Å²) in [4.78, 5) is 0. The molecule has 0 bridgehead atoms. The number of hydrogen-bond donors (Lipinski definition) is 1. The highest BCUT2D eigenvalue weighted by Crippen LogP contribution is 2.31. The number of aromatic nitrogens is 3. The molecule has 1 aromatic heterocycles. The highest BCUT2D eigenvalue weighted by atomic mass is 16.5. The normalized spacial score (nSPS) is 10.6. The van der Waals surface area contributed by atoms with E-state index in [2.05, 4.69) is 10.3 Å². The molecule has 108 valence electrons. The molecule has 0 radical (unpaired) electrons. The van der Waals surface area contributed by atoms with E-state index in [-0.39, 0.29) is 0 Å². The first-order chi connectivity index (χ1) is 9.80. The Labute approximate surface area is 118 Å². The Balaban J connectivity index is 2.25. The molecule has 1 aromatic carbocycles. The van der Waals surface area contributed by atoms with Crippen LogP contribution in [0.25, 0.3) is 11.3 Å². The van der Waals surface area contributed by atoms with Gasteiger partial charge in [-0.05, 0) is 37.6 Å². The summed E-state index contributed by atoms with van der Waals surface area (Å²) in [7, 11) is 3.24. The van der Waals surface area contributed by atoms with Gasteiger partial charge in [-0.3, -0.25) is 0 Å². The molecule has 20 heavy (non-hydrogen) atoms. The monoisotopic (exact) mass is 276 g/mol. The van der Waals surface area contributed by atoms with Crippen molar-refractivity contribution < 1.29 is 9.47 Å². The highest BCUT2D eigenvalue weighted by Gasteiger charge is 2.10. The van der Waals surface area contributed by atoms with Crippen molar-refractivity contribution in [2.24, 2.45) is 5.73 Å². The van der Waals surface area contributed by atoms with E-state index < -0.39 is 0 Å². The number of benzene rings is 1. The van der Waals surface area contributed by atoms with E-state index in [1.807, 2.05) is 22.9 Å². The van der Waals surface area contributed by atoms with E-state index in [1.165, 1.54) is 0 Å². The molecule has 0 aliphatic heterocycles. The topological polar surface area (TPSA) is 75.2 Å². The minimum atomic E-state index is 0.694. The van der Waals surface area contributed by atoms with Gasteiger partial charge in [0.1, 0.15) is 0 Å². The van der Waals surface area contributed by atoms with E-state index >= 15 is 0 Å². The molecule has 2 N–H and O–H groups in total. The molecular formula is C14H20N4O2. The lowest BCUT2D eigenvalue weighted by molar-refractivity contribution is 0.355. The van der Waals surface area contributed by atoms with Gasteiger partial charge in [-0.1, -0.05) is 5.21 Å². The highest BCUT2D eigenvalue weighted by molar-refractivity contribution is 5.63. The summed E-state index contributed by atoms with van der Waals surface area (Å²) >= 11 is 0. The van der Waals surface area contributed by atoms with Gasteiger partial charge in [-0.25, -0.2) is 4.68 Å². The van der Waals surface area contributed by atoms with Crippen LogP contribution in [0, 0.1) is 0 Å². The van der Waals surface area contributed by atoms with Crippen LogP contribution in [0.2, 0.25) is 0 Å². The molecule has 0 saturated heterocycles. The Morgan fingerprint density at radius 3 is 2.65 bits per heavy atom. The molecule has 0 fully saturated rings. The van der Waals surface area contributed by atoms with E-state index in [4.69, 9.17) is 15.2 Å². The van der Waals surface area contributed by atoms with Gasteiger partial charge < -0.3 is 15.2 Å². The molecule has 0 spiro atoms. The van der Waals surface area contributed by atoms with Crippen molar-refractivity contribution in [1.82, 2.24) is 15.0 Å². The van der Waals surface area contributed by atoms with Gasteiger partial charge in [0.15, 0.2) is 11.5 Å². The second kappa shape index (κ2) is 6.91. The molecular weight excluding hydrogens is 256 g/mol. The van der Waals surface area contributed by atoms with Gasteiger partial charge >= 0.3 is 0 Å². The first-order valence-corrected chi connectivity index (χ1v) is 6.61. The fourth-order valence-electron chi connectivity index (χ4n) is 2.05. The number of methoxy groups -OCH3 is 2. The van der Waals surface area contributed by atoms with E-state index in [0.29, 0.717) is 18.0 Å². The molecule has 6 nitrogen and oxygen atoms in total. The van der Waals surface area contributed by atoms with Crippen molar-refractivity contribution in [1.29, 1.82) is 0 Å². The van der Waals surface area contributed by atoms with Gasteiger partial charge in [0.25, 0.3) is 0 Å². The quantitative estimate of drug-likeness (QED) is 0.779. The Bertz CT molecular complexity index is 554. The Morgan fingerprint density at radius 1 is 1.15 bits per heavy atom. The zero-order valence-corrected chi connectivity index (χ0v) is 11.9. The third-order valence-electron chi connectivity index (χ3n) is 3.12. The first kappa shape index (κ1) is 14.3. The second-order valence-corrected chi connectivity index (χ2v) is 4.41. The maximum atomic E-state index is 5.51. The summed E-state index contributed by atoms with van der Waals surface area (Å²) in [5.41, 5.74) is 7.47. The van der Waals surface area contributed by atoms with Gasteiger partial charge in [0.05, 0.1) is 26.1 Å². The maximum absolute atomic E-state index is 5.51. The lowest BCUT2D eigenvalue weighted by Gasteiger charge is -2.10. The average Bonchev–Trinajstić information content (AvgIpc) is 2.95. The number of hydrogen-bond acceptors (Lipinski definition) is 5. The van der Waals surface area contributed by atoms with Crippen molar-refractivity contribution in [2.75, 3.05) is 20.8 Å². The van der Waals surface area contributed by atoms with Gasteiger partial charge in [0.2, 0.25) is 0 Å². The number of nitrogens with zero attached hydrogens (tertiary/aromatic N) is 3. The zero-order valence-electron chi connectivity index (χ0n) is 11.9. The van der Waals surface area contributed by atoms with E-state index in [1.54, 1.807) is 20.4 Å². The molecule has 0 saturated carbocycles. The predicted molar refractivity (Wildman–Crippen MR) is 76.9 cm³/mol. The number of aryl methyl sites for hydroxylation is 1. The lowest BCUT2D eigenvalue weighted by atomic mass is 10.1. The van der Waals surface area contributed by atoms with Crippen molar-refractivity contribution in [2.45, 2.75) is 19.4 Å². The smallest absolute Gasteiger partial charge is 0.161 e. The molecule has 0 atom stereocenters. The van der Waals surface area contributed by atoms with E-state index in [9.17, 15) is 0 Å². The van der Waals surface area contributed by atoms with Crippen molar-refractivity contribution in [3.05, 3.63) is 24.4 Å². The molecule has 0 unspecified atom stereocenters. The summed E-state index contributed by atoms with van der Waals surface area (Å²) in [5.74, 6) is 1.40. The minimum Gasteiger partial charge on any atom is -0.493 e. The van der Waals surface area contributed by atoms with Crippen LogP contribution in [-0.2, 0) is 6.54 Å². The standard InChI is InChI=1S/C14H20N4O2/c1-19-13-6-5-11(9-14(13)20-2)12-10-16-17-18(12)8-4-3-7-15/h5-6,9-10H,3-4,7-8,15H2,1-2H3. The Kier molecular flexibility index (Phi) is 4.95. The molecule has 0 aliphatic carbocycles. The number of ether oxygens (including phenoxy) is 2. The van der Waals surface area contributed by atoms with Crippen LogP contribution in [0.1, 0.15) is 12.8 Å². The number of unbranched alkanes of at least 4 members (excludes halogenated alkanes) is 1. The van der Waals surface area contributed by atoms with Crippen molar-refractivity contribution in [3.8, 4) is 22.8 Å². The van der Waals surface area contributed by atoms with Crippen molar-refractivity contribution >= 4 is 0 Å². The SMILES string of the molecule is COc1ccc(-c2cnnn2CCCCN)cc1OC. The third-order valence-corrected chi connectivity index (χ3v) is 3.12. The Morgan fingerprint density at radius 2 is 1.95 bits per heavy atom. The fourth-order valence-corrected chi connectivity index (χ4v) is 2.05. The zero-order chi connectivity index (χ0) is 14.4. The average molecular weight is 276 g/mol. The van der Waals surface area contributed by atoms with Gasteiger partial charge in [0, 0.05) is 12.1 Å². The molecule has 0 aliphatic rings. The third kappa shape index (κ3) is 3.08. The number of nitrogens with two attached hydrogens (primary N) is 1. The van der Waals surface area contributed by atoms with Gasteiger partial charge in [-0.15, -0.1) is 5.10 Å². The van der Waals surface area contributed by atoms with Crippen LogP contribution < -0.4 is 15.2 Å². The lowest BCUT2D eigenvalue weighted by Crippen LogP contribution is -2.06. The molecule has 1 heterocycles. The Hall–Kier alpha value is -2.08. The fraction of sp³-hybridized carbons (Fsp3) is 0.429. The van der Waals surface area contributed by atoms with Crippen LogP contribution in [0.3, 0.4) is 0 Å². The van der Waals surface area contributed by atoms with Gasteiger partial charge in [-0.2, -0.15) is 0 Å². The number of rotatable bonds is 7. The molecule has 6 heteroatoms. The molecule has 2 rings (SSSR count). The van der Waals surface area contributed by atoms with Crippen LogP contribution >= 0.6 is 0 Å². The summed E-state index contributed by atoms with van der Waals surface area (Å²) in [5, 5.41) is 8.10. The van der Waals surface area contributed by atoms with Crippen LogP contribution in [0.15, 0.2) is 24.4 Å². The summed E-state index contributed by atoms with van der Waals surface area (Å²) in [6.45, 7) is 1.50. The predicted octanol–water partition coefficient (Wildman–Crippen LogP) is 1.70. The van der Waals surface area contributed by atoms with Crippen LogP contribution in [-0.4, -0.2) is 35.8 Å². The summed E-state index contributed by atoms with van der Waals surface area (Å²) in [6.07, 6.45) is 3.72. The molecule has 2 aromatic rings. The largest absolute Gasteiger partial charge is 0.493 e. The summed E-state index contributed by atoms with van der Waals surface area (Å²) in [6, 6.07) is 5.78. The minimum absolute atomic E-state index is 0.694. The second-order valence-electron chi connectivity index (χ2n) is 4.41. The maximum Gasteiger partial charge on any atom is 0.161 e. The van der Waals surface area contributed by atoms with Crippen LogP contribution in [0.5, 0.6) is 11.5 Å². The van der Waals surface area contributed by atoms with Crippen LogP contribution in [0.4, 0.5) is 0 Å². The van der Waals surface area contributed by atoms with Crippen molar-refractivity contribution in [3.63, 3.8) is 0 Å².